The molecular weight excluding hydrogens is 370 g/mol. The number of benzene rings is 2. The average molecular weight is 392 g/mol. The number of methoxy groups -OCH3 is 1. The summed E-state index contributed by atoms with van der Waals surface area (Å²) in [7, 11) is -2.09. The van der Waals surface area contributed by atoms with Crippen LogP contribution >= 0.6 is 11.8 Å². The third-order valence-corrected chi connectivity index (χ3v) is 5.95. The number of thioether (sulfide) groups is 1. The number of hydrogen-bond acceptors (Lipinski definition) is 5. The maximum atomic E-state index is 11.6. The molecule has 0 saturated heterocycles. The number of fused-ring (bicyclic) bond motifs is 1. The third-order valence-electron chi connectivity index (χ3n) is 3.99. The van der Waals surface area contributed by atoms with Gasteiger partial charge in [-0.3, -0.25) is 0 Å². The highest BCUT2D eigenvalue weighted by molar-refractivity contribution is 7.98. The van der Waals surface area contributed by atoms with E-state index in [1.54, 1.807) is 24.9 Å². The lowest BCUT2D eigenvalue weighted by molar-refractivity contribution is 0.414. The lowest BCUT2D eigenvalue weighted by atomic mass is 10.2. The zero-order valence-corrected chi connectivity index (χ0v) is 16.3. The first-order valence-corrected chi connectivity index (χ1v) is 10.7. The largest absolute Gasteiger partial charge is 0.497 e. The summed E-state index contributed by atoms with van der Waals surface area (Å²) < 4.78 is 30.5. The average Bonchev–Trinajstić information content (AvgIpc) is 2.97. The molecule has 3 aromatic rings. The summed E-state index contributed by atoms with van der Waals surface area (Å²) in [4.78, 5) is 4.72. The van der Waals surface area contributed by atoms with Gasteiger partial charge in [-0.25, -0.2) is 18.5 Å². The second-order valence-electron chi connectivity index (χ2n) is 5.88. The fourth-order valence-corrected chi connectivity index (χ4v) is 4.21. The van der Waals surface area contributed by atoms with Gasteiger partial charge in [-0.2, -0.15) is 0 Å². The van der Waals surface area contributed by atoms with Gasteiger partial charge < -0.3 is 9.30 Å². The van der Waals surface area contributed by atoms with E-state index >= 15 is 0 Å². The van der Waals surface area contributed by atoms with Crippen molar-refractivity contribution in [2.24, 2.45) is 5.14 Å². The standard InChI is InChI=1S/C18H21N3O3S2/c1-3-10-21-17-9-8-15(26(19,22)23)11-16(17)20-18(21)25-12-13-4-6-14(24-2)7-5-13/h4-9,11H,3,10,12H2,1-2H3,(H2,19,22,23). The Bertz CT molecular complexity index is 1010. The van der Waals surface area contributed by atoms with Gasteiger partial charge in [0.15, 0.2) is 5.16 Å². The van der Waals surface area contributed by atoms with Crippen molar-refractivity contribution in [3.63, 3.8) is 0 Å². The molecule has 2 aromatic carbocycles. The van der Waals surface area contributed by atoms with Crippen LogP contribution in [0.15, 0.2) is 52.5 Å². The van der Waals surface area contributed by atoms with Gasteiger partial charge in [0.25, 0.3) is 0 Å². The van der Waals surface area contributed by atoms with Crippen LogP contribution in [0.3, 0.4) is 0 Å². The van der Waals surface area contributed by atoms with Crippen LogP contribution < -0.4 is 9.88 Å². The van der Waals surface area contributed by atoms with E-state index in [1.165, 1.54) is 12.1 Å². The maximum Gasteiger partial charge on any atom is 0.238 e. The molecule has 0 saturated carbocycles. The lowest BCUT2D eigenvalue weighted by Gasteiger charge is -2.08. The molecular formula is C18H21N3O3S2. The van der Waals surface area contributed by atoms with Crippen LogP contribution in [0.4, 0.5) is 0 Å². The topological polar surface area (TPSA) is 87.2 Å². The number of ether oxygens (including phenoxy) is 1. The molecule has 138 valence electrons. The van der Waals surface area contributed by atoms with Crippen LogP contribution in [0, 0.1) is 0 Å². The molecule has 0 radical (unpaired) electrons. The van der Waals surface area contributed by atoms with E-state index in [1.807, 2.05) is 24.3 Å². The van der Waals surface area contributed by atoms with Gasteiger partial charge in [-0.1, -0.05) is 30.8 Å². The second-order valence-corrected chi connectivity index (χ2v) is 8.38. The number of nitrogens with two attached hydrogens (primary N) is 1. The Hall–Kier alpha value is -2.03. The molecule has 0 amide bonds. The van der Waals surface area contributed by atoms with Gasteiger partial charge in [-0.05, 0) is 42.3 Å². The van der Waals surface area contributed by atoms with Crippen LogP contribution in [0.1, 0.15) is 18.9 Å². The molecule has 0 aliphatic rings. The van der Waals surface area contributed by atoms with Crippen molar-refractivity contribution in [1.82, 2.24) is 9.55 Å². The summed E-state index contributed by atoms with van der Waals surface area (Å²) in [6.07, 6.45) is 0.957. The van der Waals surface area contributed by atoms with Crippen molar-refractivity contribution in [3.8, 4) is 5.75 Å². The summed E-state index contributed by atoms with van der Waals surface area (Å²) in [6, 6.07) is 12.8. The highest BCUT2D eigenvalue weighted by atomic mass is 32.2. The molecule has 26 heavy (non-hydrogen) atoms. The minimum absolute atomic E-state index is 0.0813. The fourth-order valence-electron chi connectivity index (χ4n) is 2.68. The van der Waals surface area contributed by atoms with Crippen molar-refractivity contribution in [3.05, 3.63) is 48.0 Å². The summed E-state index contributed by atoms with van der Waals surface area (Å²) in [5.74, 6) is 1.59. The SMILES string of the molecule is CCCn1c(SCc2ccc(OC)cc2)nc2cc(S(N)(=O)=O)ccc21. The number of rotatable bonds is 7. The number of sulfonamides is 1. The molecule has 0 bridgehead atoms. The first-order chi connectivity index (χ1) is 12.4. The number of hydrogen-bond donors (Lipinski definition) is 1. The van der Waals surface area contributed by atoms with E-state index in [9.17, 15) is 8.42 Å². The van der Waals surface area contributed by atoms with E-state index in [0.717, 1.165) is 40.7 Å². The van der Waals surface area contributed by atoms with Crippen LogP contribution in [-0.4, -0.2) is 25.1 Å². The maximum absolute atomic E-state index is 11.6. The number of imidazole rings is 1. The van der Waals surface area contributed by atoms with Crippen LogP contribution in [0.25, 0.3) is 11.0 Å². The van der Waals surface area contributed by atoms with Crippen LogP contribution in [0.5, 0.6) is 5.75 Å². The third kappa shape index (κ3) is 4.03. The number of primary sulfonamides is 1. The Morgan fingerprint density at radius 3 is 2.54 bits per heavy atom. The summed E-state index contributed by atoms with van der Waals surface area (Å²) >= 11 is 1.62. The van der Waals surface area contributed by atoms with Gasteiger partial charge >= 0.3 is 0 Å². The van der Waals surface area contributed by atoms with E-state index in [-0.39, 0.29) is 4.90 Å². The van der Waals surface area contributed by atoms with Crippen molar-refractivity contribution >= 4 is 32.8 Å². The second kappa shape index (κ2) is 7.69. The van der Waals surface area contributed by atoms with Gasteiger partial charge in [0.1, 0.15) is 5.75 Å². The van der Waals surface area contributed by atoms with E-state index < -0.39 is 10.0 Å². The predicted octanol–water partition coefficient (Wildman–Crippen LogP) is 3.39. The highest BCUT2D eigenvalue weighted by Crippen LogP contribution is 2.29. The van der Waals surface area contributed by atoms with Crippen LogP contribution in [0.2, 0.25) is 0 Å². The normalized spacial score (nSPS) is 11.8. The van der Waals surface area contributed by atoms with Crippen molar-refractivity contribution in [2.75, 3.05) is 7.11 Å². The molecule has 0 fully saturated rings. The molecule has 0 unspecified atom stereocenters. The molecule has 2 N–H and O–H groups in total. The number of aromatic nitrogens is 2. The van der Waals surface area contributed by atoms with Crippen LogP contribution in [-0.2, 0) is 22.3 Å². The van der Waals surface area contributed by atoms with Crippen molar-refractivity contribution in [2.45, 2.75) is 35.7 Å². The predicted molar refractivity (Wildman–Crippen MR) is 104 cm³/mol. The quantitative estimate of drug-likeness (QED) is 0.624. The fraction of sp³-hybridized carbons (Fsp3) is 0.278. The Morgan fingerprint density at radius 2 is 1.92 bits per heavy atom. The summed E-state index contributed by atoms with van der Waals surface area (Å²) in [6.45, 7) is 2.92. The van der Waals surface area contributed by atoms with Gasteiger partial charge in [0, 0.05) is 12.3 Å². The number of aryl methyl sites for hydroxylation is 1. The first-order valence-electron chi connectivity index (χ1n) is 8.21. The van der Waals surface area contributed by atoms with E-state index in [0.29, 0.717) is 5.52 Å². The molecule has 0 aliphatic carbocycles. The van der Waals surface area contributed by atoms with E-state index in [4.69, 9.17) is 9.88 Å². The molecule has 8 heteroatoms. The highest BCUT2D eigenvalue weighted by Gasteiger charge is 2.15. The zero-order valence-electron chi connectivity index (χ0n) is 14.7. The molecule has 6 nitrogen and oxygen atoms in total. The van der Waals surface area contributed by atoms with Crippen molar-refractivity contribution < 1.29 is 13.2 Å². The van der Waals surface area contributed by atoms with E-state index in [2.05, 4.69) is 16.5 Å². The lowest BCUT2D eigenvalue weighted by Crippen LogP contribution is -2.11. The zero-order chi connectivity index (χ0) is 18.7. The van der Waals surface area contributed by atoms with Gasteiger partial charge in [0.05, 0.1) is 23.0 Å². The number of nitrogens with zero attached hydrogens (tertiary/aromatic N) is 2. The Balaban J connectivity index is 1.91. The monoisotopic (exact) mass is 391 g/mol. The summed E-state index contributed by atoms with van der Waals surface area (Å²) in [5, 5.41) is 6.10. The Labute approximate surface area is 157 Å². The molecule has 1 aromatic heterocycles. The summed E-state index contributed by atoms with van der Waals surface area (Å²) in [5.41, 5.74) is 2.72. The molecule has 0 atom stereocenters. The van der Waals surface area contributed by atoms with Gasteiger partial charge in [0.2, 0.25) is 10.0 Å². The smallest absolute Gasteiger partial charge is 0.238 e. The van der Waals surface area contributed by atoms with Gasteiger partial charge in [-0.15, -0.1) is 0 Å². The molecule has 3 rings (SSSR count). The molecule has 1 heterocycles. The molecule has 0 spiro atoms. The molecule has 0 aliphatic heterocycles. The Kier molecular flexibility index (Phi) is 5.55. The Morgan fingerprint density at radius 1 is 1.19 bits per heavy atom. The minimum Gasteiger partial charge on any atom is -0.497 e. The van der Waals surface area contributed by atoms with Crippen molar-refractivity contribution in [1.29, 1.82) is 0 Å². The first kappa shape index (κ1) is 18.8. The minimum atomic E-state index is -3.74.